The first-order chi connectivity index (χ1) is 7.13. The molecule has 0 aliphatic rings. The SMILES string of the molecule is C=CCCC(C)Nc1cc(Cl)ccc1C. The van der Waals surface area contributed by atoms with Crippen molar-refractivity contribution in [2.45, 2.75) is 32.7 Å². The van der Waals surface area contributed by atoms with E-state index in [1.54, 1.807) is 0 Å². The number of nitrogens with one attached hydrogen (secondary N) is 1. The van der Waals surface area contributed by atoms with Crippen molar-refractivity contribution in [1.82, 2.24) is 0 Å². The van der Waals surface area contributed by atoms with Crippen molar-refractivity contribution in [3.05, 3.63) is 41.4 Å². The molecule has 0 amide bonds. The summed E-state index contributed by atoms with van der Waals surface area (Å²) >= 11 is 5.95. The van der Waals surface area contributed by atoms with E-state index in [4.69, 9.17) is 11.6 Å². The summed E-state index contributed by atoms with van der Waals surface area (Å²) in [5, 5.41) is 4.23. The van der Waals surface area contributed by atoms with Crippen LogP contribution in [0.3, 0.4) is 0 Å². The van der Waals surface area contributed by atoms with Gasteiger partial charge in [0.2, 0.25) is 0 Å². The zero-order valence-corrected chi connectivity index (χ0v) is 10.1. The zero-order valence-electron chi connectivity index (χ0n) is 9.39. The first kappa shape index (κ1) is 12.1. The molecule has 0 aromatic heterocycles. The molecular formula is C13H18ClN. The second kappa shape index (κ2) is 5.82. The van der Waals surface area contributed by atoms with Gasteiger partial charge < -0.3 is 5.32 Å². The average molecular weight is 224 g/mol. The van der Waals surface area contributed by atoms with Gasteiger partial charge in [0.1, 0.15) is 0 Å². The normalized spacial score (nSPS) is 12.2. The fraction of sp³-hybridized carbons (Fsp3) is 0.385. The van der Waals surface area contributed by atoms with Gasteiger partial charge in [0.05, 0.1) is 0 Å². The van der Waals surface area contributed by atoms with Crippen molar-refractivity contribution in [3.63, 3.8) is 0 Å². The van der Waals surface area contributed by atoms with Gasteiger partial charge in [-0.25, -0.2) is 0 Å². The lowest BCUT2D eigenvalue weighted by Crippen LogP contribution is -2.15. The Labute approximate surface area is 97.1 Å². The maximum absolute atomic E-state index is 5.95. The highest BCUT2D eigenvalue weighted by Crippen LogP contribution is 2.21. The van der Waals surface area contributed by atoms with Crippen LogP contribution in [-0.4, -0.2) is 6.04 Å². The molecule has 0 saturated heterocycles. The molecule has 15 heavy (non-hydrogen) atoms. The summed E-state index contributed by atoms with van der Waals surface area (Å²) in [7, 11) is 0. The molecule has 1 nitrogen and oxygen atoms in total. The second-order valence-corrected chi connectivity index (χ2v) is 4.31. The van der Waals surface area contributed by atoms with Crippen molar-refractivity contribution in [3.8, 4) is 0 Å². The summed E-state index contributed by atoms with van der Waals surface area (Å²) in [6.45, 7) is 7.98. The number of allylic oxidation sites excluding steroid dienone is 1. The molecule has 1 atom stereocenters. The molecule has 1 rings (SSSR count). The third-order valence-electron chi connectivity index (χ3n) is 2.41. The van der Waals surface area contributed by atoms with Gasteiger partial charge >= 0.3 is 0 Å². The molecule has 0 spiro atoms. The van der Waals surface area contributed by atoms with Crippen LogP contribution in [0.15, 0.2) is 30.9 Å². The van der Waals surface area contributed by atoms with Crippen LogP contribution in [0.1, 0.15) is 25.3 Å². The lowest BCUT2D eigenvalue weighted by molar-refractivity contribution is 0.718. The Bertz CT molecular complexity index is 333. The minimum absolute atomic E-state index is 0.445. The van der Waals surface area contributed by atoms with Crippen molar-refractivity contribution in [2.24, 2.45) is 0 Å². The van der Waals surface area contributed by atoms with Gasteiger partial charge in [-0.05, 0) is 44.4 Å². The molecule has 1 aromatic carbocycles. The van der Waals surface area contributed by atoms with Gasteiger partial charge in [0.25, 0.3) is 0 Å². The standard InChI is InChI=1S/C13H18ClN/c1-4-5-6-11(3)15-13-9-12(14)8-7-10(13)2/h4,7-9,11,15H,1,5-6H2,2-3H3. The smallest absolute Gasteiger partial charge is 0.0426 e. The van der Waals surface area contributed by atoms with Crippen LogP contribution in [-0.2, 0) is 0 Å². The van der Waals surface area contributed by atoms with E-state index in [1.165, 1.54) is 5.56 Å². The first-order valence-corrected chi connectivity index (χ1v) is 5.65. The molecule has 1 unspecified atom stereocenters. The van der Waals surface area contributed by atoms with Crippen LogP contribution < -0.4 is 5.32 Å². The van der Waals surface area contributed by atoms with Crippen LogP contribution in [0.5, 0.6) is 0 Å². The maximum Gasteiger partial charge on any atom is 0.0426 e. The van der Waals surface area contributed by atoms with E-state index in [0.29, 0.717) is 6.04 Å². The predicted octanol–water partition coefficient (Wildman–Crippen LogP) is 4.42. The average Bonchev–Trinajstić information content (AvgIpc) is 2.20. The fourth-order valence-electron chi connectivity index (χ4n) is 1.46. The monoisotopic (exact) mass is 223 g/mol. The molecule has 0 aliphatic carbocycles. The predicted molar refractivity (Wildman–Crippen MR) is 68.7 cm³/mol. The second-order valence-electron chi connectivity index (χ2n) is 3.87. The molecule has 2 heteroatoms. The molecule has 0 aliphatic heterocycles. The van der Waals surface area contributed by atoms with Crippen LogP contribution in [0, 0.1) is 6.92 Å². The number of halogens is 1. The Balaban J connectivity index is 2.62. The summed E-state index contributed by atoms with van der Waals surface area (Å²) in [6.07, 6.45) is 4.08. The summed E-state index contributed by atoms with van der Waals surface area (Å²) in [5.41, 5.74) is 2.35. The van der Waals surface area contributed by atoms with E-state index in [-0.39, 0.29) is 0 Å². The number of anilines is 1. The van der Waals surface area contributed by atoms with Crippen molar-refractivity contribution in [1.29, 1.82) is 0 Å². The molecule has 0 heterocycles. The number of aryl methyl sites for hydroxylation is 1. The van der Waals surface area contributed by atoms with Crippen molar-refractivity contribution in [2.75, 3.05) is 5.32 Å². The summed E-state index contributed by atoms with van der Waals surface area (Å²) in [6, 6.07) is 6.36. The van der Waals surface area contributed by atoms with E-state index in [9.17, 15) is 0 Å². The van der Waals surface area contributed by atoms with Crippen LogP contribution in [0.4, 0.5) is 5.69 Å². The summed E-state index contributed by atoms with van der Waals surface area (Å²) in [5.74, 6) is 0. The number of benzene rings is 1. The minimum atomic E-state index is 0.445. The molecule has 0 bridgehead atoms. The number of hydrogen-bond acceptors (Lipinski definition) is 1. The molecule has 0 fully saturated rings. The maximum atomic E-state index is 5.95. The van der Waals surface area contributed by atoms with E-state index < -0.39 is 0 Å². The highest BCUT2D eigenvalue weighted by molar-refractivity contribution is 6.30. The van der Waals surface area contributed by atoms with Crippen molar-refractivity contribution < 1.29 is 0 Å². The lowest BCUT2D eigenvalue weighted by Gasteiger charge is -2.16. The van der Waals surface area contributed by atoms with E-state index >= 15 is 0 Å². The number of hydrogen-bond donors (Lipinski definition) is 1. The van der Waals surface area contributed by atoms with Gasteiger partial charge in [0.15, 0.2) is 0 Å². The molecule has 82 valence electrons. The van der Waals surface area contributed by atoms with Crippen LogP contribution >= 0.6 is 11.6 Å². The molecular weight excluding hydrogens is 206 g/mol. The van der Waals surface area contributed by atoms with E-state index in [1.807, 2.05) is 24.3 Å². The summed E-state index contributed by atoms with van der Waals surface area (Å²) in [4.78, 5) is 0. The van der Waals surface area contributed by atoms with Gasteiger partial charge in [0, 0.05) is 16.8 Å². The summed E-state index contributed by atoms with van der Waals surface area (Å²) < 4.78 is 0. The third-order valence-corrected chi connectivity index (χ3v) is 2.64. The Morgan fingerprint density at radius 2 is 2.27 bits per heavy atom. The topological polar surface area (TPSA) is 12.0 Å². The molecule has 0 saturated carbocycles. The Morgan fingerprint density at radius 3 is 2.93 bits per heavy atom. The van der Waals surface area contributed by atoms with E-state index in [0.717, 1.165) is 23.6 Å². The highest BCUT2D eigenvalue weighted by atomic mass is 35.5. The van der Waals surface area contributed by atoms with E-state index in [2.05, 4.69) is 25.7 Å². The van der Waals surface area contributed by atoms with Gasteiger partial charge in [-0.15, -0.1) is 6.58 Å². The Kier molecular flexibility index (Phi) is 4.70. The Morgan fingerprint density at radius 1 is 1.53 bits per heavy atom. The largest absolute Gasteiger partial charge is 0.382 e. The number of rotatable bonds is 5. The lowest BCUT2D eigenvalue weighted by atomic mass is 10.1. The third kappa shape index (κ3) is 3.96. The van der Waals surface area contributed by atoms with Crippen LogP contribution in [0.25, 0.3) is 0 Å². The molecule has 0 radical (unpaired) electrons. The quantitative estimate of drug-likeness (QED) is 0.729. The molecule has 1 aromatic rings. The molecule has 1 N–H and O–H groups in total. The zero-order chi connectivity index (χ0) is 11.3. The van der Waals surface area contributed by atoms with Gasteiger partial charge in [-0.3, -0.25) is 0 Å². The van der Waals surface area contributed by atoms with Crippen molar-refractivity contribution >= 4 is 17.3 Å². The first-order valence-electron chi connectivity index (χ1n) is 5.27. The fourth-order valence-corrected chi connectivity index (χ4v) is 1.63. The minimum Gasteiger partial charge on any atom is -0.382 e. The Hall–Kier alpha value is -0.950. The van der Waals surface area contributed by atoms with Gasteiger partial charge in [-0.2, -0.15) is 0 Å². The highest BCUT2D eigenvalue weighted by Gasteiger charge is 2.03. The van der Waals surface area contributed by atoms with Crippen LogP contribution in [0.2, 0.25) is 5.02 Å². The van der Waals surface area contributed by atoms with Gasteiger partial charge in [-0.1, -0.05) is 23.7 Å².